The van der Waals surface area contributed by atoms with E-state index in [4.69, 9.17) is 0 Å². The molecule has 1 aromatic carbocycles. The van der Waals surface area contributed by atoms with E-state index in [-0.39, 0.29) is 17.7 Å². The van der Waals surface area contributed by atoms with Crippen molar-refractivity contribution in [2.45, 2.75) is 52.1 Å². The maximum atomic E-state index is 12.5. The van der Waals surface area contributed by atoms with Gasteiger partial charge in [0.2, 0.25) is 15.9 Å². The van der Waals surface area contributed by atoms with Gasteiger partial charge in [0.25, 0.3) is 0 Å². The quantitative estimate of drug-likeness (QED) is 0.637. The van der Waals surface area contributed by atoms with Crippen LogP contribution in [0.1, 0.15) is 39.2 Å². The van der Waals surface area contributed by atoms with Gasteiger partial charge in [0, 0.05) is 23.1 Å². The first kappa shape index (κ1) is 19.5. The fraction of sp³-hybridized carbons (Fsp3) is 0.500. The lowest BCUT2D eigenvalue weighted by Crippen LogP contribution is -2.50. The molecule has 2 aromatic rings. The average Bonchev–Trinajstić information content (AvgIpc) is 2.95. The maximum Gasteiger partial charge on any atom is 0.238 e. The Labute approximate surface area is 149 Å². The lowest BCUT2D eigenvalue weighted by molar-refractivity contribution is -0.123. The molecule has 1 heterocycles. The summed E-state index contributed by atoms with van der Waals surface area (Å²) in [7, 11) is -3.50. The van der Waals surface area contributed by atoms with Crippen LogP contribution in [0.15, 0.2) is 30.5 Å². The third-order valence-electron chi connectivity index (χ3n) is 3.93. The highest BCUT2D eigenvalue weighted by Crippen LogP contribution is 2.19. The molecule has 7 heteroatoms. The van der Waals surface area contributed by atoms with Gasteiger partial charge in [0.15, 0.2) is 0 Å². The number of nitrogens with one attached hydrogen (secondary N) is 3. The van der Waals surface area contributed by atoms with Crippen molar-refractivity contribution in [2.75, 3.05) is 5.75 Å². The van der Waals surface area contributed by atoms with Gasteiger partial charge in [-0.15, -0.1) is 0 Å². The minimum atomic E-state index is -3.50. The van der Waals surface area contributed by atoms with Crippen LogP contribution < -0.4 is 10.0 Å². The number of hydrogen-bond acceptors (Lipinski definition) is 3. The molecule has 0 fully saturated rings. The Morgan fingerprint density at radius 1 is 1.24 bits per heavy atom. The molecular weight excluding hydrogens is 338 g/mol. The zero-order valence-corrected chi connectivity index (χ0v) is 15.8. The first-order valence-corrected chi connectivity index (χ1v) is 10.3. The largest absolute Gasteiger partial charge is 0.361 e. The average molecular weight is 365 g/mol. The van der Waals surface area contributed by atoms with E-state index in [1.807, 2.05) is 51.2 Å². The molecule has 0 saturated heterocycles. The zero-order chi connectivity index (χ0) is 18.4. The van der Waals surface area contributed by atoms with Crippen LogP contribution in [0.3, 0.4) is 0 Å². The summed E-state index contributed by atoms with van der Waals surface area (Å²) in [6.45, 7) is 5.64. The summed E-state index contributed by atoms with van der Waals surface area (Å²) in [6, 6.07) is 6.88. The summed E-state index contributed by atoms with van der Waals surface area (Å²) >= 11 is 0. The Morgan fingerprint density at radius 2 is 1.96 bits per heavy atom. The summed E-state index contributed by atoms with van der Waals surface area (Å²) in [4.78, 5) is 15.7. The third-order valence-corrected chi connectivity index (χ3v) is 5.40. The molecule has 1 amide bonds. The van der Waals surface area contributed by atoms with E-state index in [1.165, 1.54) is 0 Å². The topological polar surface area (TPSA) is 91.1 Å². The lowest BCUT2D eigenvalue weighted by Gasteiger charge is -2.20. The molecule has 0 radical (unpaired) electrons. The van der Waals surface area contributed by atoms with Gasteiger partial charge in [0.05, 0.1) is 5.75 Å². The van der Waals surface area contributed by atoms with Crippen LogP contribution in [0, 0.1) is 0 Å². The molecule has 0 spiro atoms. The predicted molar refractivity (Wildman–Crippen MR) is 101 cm³/mol. The second-order valence-electron chi connectivity index (χ2n) is 6.57. The van der Waals surface area contributed by atoms with Gasteiger partial charge in [-0.05, 0) is 38.3 Å². The van der Waals surface area contributed by atoms with E-state index in [9.17, 15) is 13.2 Å². The highest BCUT2D eigenvalue weighted by atomic mass is 32.2. The molecule has 0 saturated carbocycles. The Bertz CT molecular complexity index is 812. The van der Waals surface area contributed by atoms with E-state index in [0.29, 0.717) is 12.8 Å². The third kappa shape index (κ3) is 5.57. The Morgan fingerprint density at radius 3 is 2.64 bits per heavy atom. The van der Waals surface area contributed by atoms with Crippen LogP contribution in [0.2, 0.25) is 0 Å². The molecule has 138 valence electrons. The van der Waals surface area contributed by atoms with E-state index in [0.717, 1.165) is 22.9 Å². The van der Waals surface area contributed by atoms with Crippen molar-refractivity contribution in [3.63, 3.8) is 0 Å². The molecule has 0 aliphatic carbocycles. The second kappa shape index (κ2) is 8.49. The molecule has 25 heavy (non-hydrogen) atoms. The number of rotatable bonds is 9. The van der Waals surface area contributed by atoms with Crippen molar-refractivity contribution in [3.8, 4) is 0 Å². The Kier molecular flexibility index (Phi) is 6.61. The predicted octanol–water partition coefficient (Wildman–Crippen LogP) is 2.32. The van der Waals surface area contributed by atoms with E-state index in [2.05, 4.69) is 15.0 Å². The number of fused-ring (bicyclic) bond motifs is 1. The second-order valence-corrected chi connectivity index (χ2v) is 8.44. The van der Waals surface area contributed by atoms with Gasteiger partial charge in [-0.3, -0.25) is 4.79 Å². The van der Waals surface area contributed by atoms with Crippen LogP contribution in [0.4, 0.5) is 0 Å². The van der Waals surface area contributed by atoms with Crippen LogP contribution in [-0.2, 0) is 21.2 Å². The molecular formula is C18H27N3O3S. The minimum absolute atomic E-state index is 0.0306. The maximum absolute atomic E-state index is 12.5. The monoisotopic (exact) mass is 365 g/mol. The highest BCUT2D eigenvalue weighted by molar-refractivity contribution is 7.89. The molecule has 0 bridgehead atoms. The van der Waals surface area contributed by atoms with Gasteiger partial charge in [0.1, 0.15) is 6.04 Å². The van der Waals surface area contributed by atoms with Gasteiger partial charge < -0.3 is 10.3 Å². The van der Waals surface area contributed by atoms with E-state index < -0.39 is 16.1 Å². The fourth-order valence-electron chi connectivity index (χ4n) is 2.70. The number of amides is 1. The first-order valence-electron chi connectivity index (χ1n) is 8.67. The number of aromatic amines is 1. The lowest BCUT2D eigenvalue weighted by atomic mass is 10.0. The standard InChI is InChI=1S/C18H27N3O3S/c1-4-5-10-25(23,24)21-17(18(22)20-13(2)3)11-14-12-19-16-9-7-6-8-15(14)16/h6-9,12-13,17,19,21H,4-5,10-11H2,1-3H3,(H,20,22)/t17-/m1/s1. The number of benzene rings is 1. The molecule has 6 nitrogen and oxygen atoms in total. The number of carbonyl (C=O) groups excluding carboxylic acids is 1. The fourth-order valence-corrected chi connectivity index (χ4v) is 4.11. The number of hydrogen-bond donors (Lipinski definition) is 3. The molecule has 3 N–H and O–H groups in total. The van der Waals surface area contributed by atoms with Gasteiger partial charge in [-0.1, -0.05) is 31.5 Å². The number of H-pyrrole nitrogens is 1. The summed E-state index contributed by atoms with van der Waals surface area (Å²) < 4.78 is 27.1. The summed E-state index contributed by atoms with van der Waals surface area (Å²) in [5, 5.41) is 3.80. The number of carbonyl (C=O) groups is 1. The highest BCUT2D eigenvalue weighted by Gasteiger charge is 2.25. The minimum Gasteiger partial charge on any atom is -0.361 e. The van der Waals surface area contributed by atoms with Crippen molar-refractivity contribution < 1.29 is 13.2 Å². The molecule has 0 unspecified atom stereocenters. The smallest absolute Gasteiger partial charge is 0.238 e. The SMILES string of the molecule is CCCCS(=O)(=O)N[C@H](Cc1c[nH]c2ccccc12)C(=O)NC(C)C. The van der Waals surface area contributed by atoms with E-state index in [1.54, 1.807) is 0 Å². The van der Waals surface area contributed by atoms with E-state index >= 15 is 0 Å². The van der Waals surface area contributed by atoms with Crippen molar-refractivity contribution in [1.29, 1.82) is 0 Å². The van der Waals surface area contributed by atoms with Crippen LogP contribution >= 0.6 is 0 Å². The zero-order valence-electron chi connectivity index (χ0n) is 15.0. The van der Waals surface area contributed by atoms with Crippen LogP contribution in [0.5, 0.6) is 0 Å². The number of unbranched alkanes of at least 4 members (excludes halogenated alkanes) is 1. The first-order chi connectivity index (χ1) is 11.8. The van der Waals surface area contributed by atoms with Crippen molar-refractivity contribution in [2.24, 2.45) is 0 Å². The van der Waals surface area contributed by atoms with Gasteiger partial charge in [-0.2, -0.15) is 0 Å². The normalized spacial score (nSPS) is 13.3. The number of sulfonamides is 1. The number of aromatic nitrogens is 1. The molecule has 2 rings (SSSR count). The van der Waals surface area contributed by atoms with Crippen molar-refractivity contribution >= 4 is 26.8 Å². The van der Waals surface area contributed by atoms with Crippen molar-refractivity contribution in [3.05, 3.63) is 36.0 Å². The summed E-state index contributed by atoms with van der Waals surface area (Å²) in [5.74, 6) is -0.275. The van der Waals surface area contributed by atoms with Crippen molar-refractivity contribution in [1.82, 2.24) is 15.0 Å². The molecule has 0 aliphatic heterocycles. The van der Waals surface area contributed by atoms with Crippen LogP contribution in [0.25, 0.3) is 10.9 Å². The van der Waals surface area contributed by atoms with Gasteiger partial charge in [-0.25, -0.2) is 13.1 Å². The number of para-hydroxylation sites is 1. The molecule has 1 aromatic heterocycles. The Balaban J connectivity index is 2.23. The Hall–Kier alpha value is -1.86. The molecule has 0 aliphatic rings. The van der Waals surface area contributed by atoms with Gasteiger partial charge >= 0.3 is 0 Å². The summed E-state index contributed by atoms with van der Waals surface area (Å²) in [5.41, 5.74) is 1.88. The molecule has 1 atom stereocenters. The van der Waals surface area contributed by atoms with Crippen LogP contribution in [-0.4, -0.2) is 37.1 Å². The summed E-state index contributed by atoms with van der Waals surface area (Å²) in [6.07, 6.45) is 3.49.